The summed E-state index contributed by atoms with van der Waals surface area (Å²) in [6.07, 6.45) is 6.38. The average molecular weight is 605 g/mol. The third-order valence-electron chi connectivity index (χ3n) is 10.3. The first-order valence-electron chi connectivity index (χ1n) is 16.8. The first kappa shape index (κ1) is 32.3. The van der Waals surface area contributed by atoms with E-state index in [2.05, 4.69) is 29.0 Å². The number of nitrogens with two attached hydrogens (primary N) is 1. The van der Waals surface area contributed by atoms with E-state index in [0.29, 0.717) is 0 Å². The highest BCUT2D eigenvalue weighted by Gasteiger charge is 2.43. The first-order valence-corrected chi connectivity index (χ1v) is 16.8. The largest absolute Gasteiger partial charge is 0.446 e. The molecule has 3 heterocycles. The van der Waals surface area contributed by atoms with E-state index >= 15 is 0 Å². The SMILES string of the molecule is CCC1(CC)C(N)CCN1CCCN1CCN(CCCN2CCC(OC(=O)Nc3ccccc3-c3ccccc3)CC2)C1=O. The Labute approximate surface area is 263 Å². The van der Waals surface area contributed by atoms with Crippen molar-refractivity contribution in [3.05, 3.63) is 54.6 Å². The number of amides is 3. The van der Waals surface area contributed by atoms with Crippen LogP contribution in [-0.2, 0) is 4.74 Å². The molecule has 0 bridgehead atoms. The second-order valence-corrected chi connectivity index (χ2v) is 12.6. The van der Waals surface area contributed by atoms with Crippen molar-refractivity contribution in [2.24, 2.45) is 5.73 Å². The summed E-state index contributed by atoms with van der Waals surface area (Å²) in [6, 6.07) is 18.3. The molecule has 5 rings (SSSR count). The summed E-state index contributed by atoms with van der Waals surface area (Å²) in [5.41, 5.74) is 9.40. The van der Waals surface area contributed by atoms with Crippen molar-refractivity contribution in [3.63, 3.8) is 0 Å². The number of nitrogens with one attached hydrogen (secondary N) is 1. The lowest BCUT2D eigenvalue weighted by Crippen LogP contribution is -2.53. The van der Waals surface area contributed by atoms with Crippen molar-refractivity contribution < 1.29 is 14.3 Å². The molecule has 240 valence electrons. The molecule has 9 heteroatoms. The third kappa shape index (κ3) is 7.56. The Morgan fingerprint density at radius 2 is 1.48 bits per heavy atom. The molecule has 0 spiro atoms. The quantitative estimate of drug-likeness (QED) is 0.315. The summed E-state index contributed by atoms with van der Waals surface area (Å²) in [7, 11) is 0. The number of anilines is 1. The van der Waals surface area contributed by atoms with Crippen LogP contribution in [-0.4, -0.2) is 108 Å². The molecule has 1 unspecified atom stereocenters. The number of ether oxygens (including phenoxy) is 1. The van der Waals surface area contributed by atoms with Gasteiger partial charge in [0.25, 0.3) is 0 Å². The van der Waals surface area contributed by atoms with E-state index in [1.807, 2.05) is 64.4 Å². The molecule has 3 amide bonds. The summed E-state index contributed by atoms with van der Waals surface area (Å²) in [5, 5.41) is 2.95. The highest BCUT2D eigenvalue weighted by molar-refractivity contribution is 5.91. The van der Waals surface area contributed by atoms with E-state index in [0.717, 1.165) is 121 Å². The number of carbonyl (C=O) groups excluding carboxylic acids is 2. The fourth-order valence-electron chi connectivity index (χ4n) is 7.57. The van der Waals surface area contributed by atoms with Crippen LogP contribution in [0.5, 0.6) is 0 Å². The van der Waals surface area contributed by atoms with Crippen LogP contribution in [0, 0.1) is 0 Å². The van der Waals surface area contributed by atoms with E-state index in [1.54, 1.807) is 0 Å². The minimum Gasteiger partial charge on any atom is -0.446 e. The minimum atomic E-state index is -0.400. The van der Waals surface area contributed by atoms with E-state index in [4.69, 9.17) is 10.5 Å². The lowest BCUT2D eigenvalue weighted by Gasteiger charge is -2.40. The maximum absolute atomic E-state index is 13.0. The molecular weight excluding hydrogens is 552 g/mol. The molecule has 2 aromatic carbocycles. The Balaban J connectivity index is 0.970. The molecule has 9 nitrogen and oxygen atoms in total. The molecule has 3 aliphatic heterocycles. The highest BCUT2D eigenvalue weighted by atomic mass is 16.6. The zero-order valence-electron chi connectivity index (χ0n) is 26.8. The van der Waals surface area contributed by atoms with E-state index in [1.165, 1.54) is 0 Å². The summed E-state index contributed by atoms with van der Waals surface area (Å²) in [5.74, 6) is 0. The van der Waals surface area contributed by atoms with Gasteiger partial charge in [-0.3, -0.25) is 10.2 Å². The van der Waals surface area contributed by atoms with Crippen LogP contribution in [0.25, 0.3) is 11.1 Å². The molecular formula is C35H52N6O3. The van der Waals surface area contributed by atoms with Gasteiger partial charge in [0.15, 0.2) is 0 Å². The zero-order chi connectivity index (χ0) is 30.9. The van der Waals surface area contributed by atoms with Crippen molar-refractivity contribution >= 4 is 17.8 Å². The van der Waals surface area contributed by atoms with Gasteiger partial charge in [0, 0.05) is 69.5 Å². The van der Waals surface area contributed by atoms with Crippen LogP contribution in [0.15, 0.2) is 54.6 Å². The maximum atomic E-state index is 13.0. The Bertz CT molecular complexity index is 1210. The van der Waals surface area contributed by atoms with Crippen LogP contribution in [0.4, 0.5) is 15.3 Å². The second kappa shape index (κ2) is 15.2. The number of carbonyl (C=O) groups is 2. The molecule has 3 aliphatic rings. The van der Waals surface area contributed by atoms with Crippen LogP contribution in [0.2, 0.25) is 0 Å². The predicted molar refractivity (Wildman–Crippen MR) is 177 cm³/mol. The van der Waals surface area contributed by atoms with Crippen molar-refractivity contribution in [3.8, 4) is 11.1 Å². The number of rotatable bonds is 13. The van der Waals surface area contributed by atoms with Gasteiger partial charge in [-0.25, -0.2) is 9.59 Å². The molecule has 0 radical (unpaired) electrons. The van der Waals surface area contributed by atoms with Gasteiger partial charge in [-0.1, -0.05) is 62.4 Å². The number of nitrogens with zero attached hydrogens (tertiary/aromatic N) is 4. The summed E-state index contributed by atoms with van der Waals surface area (Å²) >= 11 is 0. The Kier molecular flexibility index (Phi) is 11.2. The molecule has 0 aliphatic carbocycles. The van der Waals surface area contributed by atoms with Crippen molar-refractivity contribution in [2.45, 2.75) is 76.5 Å². The smallest absolute Gasteiger partial charge is 0.411 e. The Morgan fingerprint density at radius 1 is 0.841 bits per heavy atom. The lowest BCUT2D eigenvalue weighted by atomic mass is 9.86. The number of benzene rings is 2. The van der Waals surface area contributed by atoms with Crippen LogP contribution in [0.1, 0.15) is 58.8 Å². The lowest BCUT2D eigenvalue weighted by molar-refractivity contribution is 0.0581. The maximum Gasteiger partial charge on any atom is 0.411 e. The van der Waals surface area contributed by atoms with Crippen LogP contribution in [0.3, 0.4) is 0 Å². The van der Waals surface area contributed by atoms with E-state index < -0.39 is 6.09 Å². The van der Waals surface area contributed by atoms with Gasteiger partial charge >= 0.3 is 12.1 Å². The number of piperidine rings is 1. The number of hydrogen-bond acceptors (Lipinski definition) is 6. The normalized spacial score (nSPS) is 21.2. The predicted octanol–water partition coefficient (Wildman–Crippen LogP) is 5.48. The van der Waals surface area contributed by atoms with Gasteiger partial charge in [-0.2, -0.15) is 0 Å². The van der Waals surface area contributed by atoms with Gasteiger partial charge in [0.1, 0.15) is 6.10 Å². The molecule has 3 fully saturated rings. The topological polar surface area (TPSA) is 94.4 Å². The van der Waals surface area contributed by atoms with E-state index in [-0.39, 0.29) is 23.7 Å². The number of likely N-dealkylation sites (tertiary alicyclic amines) is 2. The second-order valence-electron chi connectivity index (χ2n) is 12.6. The fraction of sp³-hybridized carbons (Fsp3) is 0.600. The standard InChI is InChI=1S/C35H52N6O3/c1-3-35(4-2)32(36)18-25-41(35)22-11-21-40-27-26-39(34(40)43)20-10-19-38-23-16-29(17-24-38)44-33(42)37-31-15-9-8-14-30(31)28-12-6-5-7-13-28/h5-9,12-15,29,32H,3-4,10-11,16-27,36H2,1-2H3,(H,37,42). The monoisotopic (exact) mass is 604 g/mol. The molecule has 0 aromatic heterocycles. The Morgan fingerprint density at radius 3 is 2.16 bits per heavy atom. The van der Waals surface area contributed by atoms with Crippen LogP contribution >= 0.6 is 0 Å². The summed E-state index contributed by atoms with van der Waals surface area (Å²) in [6.45, 7) is 12.6. The molecule has 1 atom stereocenters. The van der Waals surface area contributed by atoms with Crippen molar-refractivity contribution in [2.75, 3.05) is 64.2 Å². The molecule has 0 saturated carbocycles. The van der Waals surface area contributed by atoms with Gasteiger partial charge in [0.2, 0.25) is 0 Å². The van der Waals surface area contributed by atoms with Gasteiger partial charge < -0.3 is 25.2 Å². The summed E-state index contributed by atoms with van der Waals surface area (Å²) in [4.78, 5) is 34.8. The Hall–Kier alpha value is -3.14. The number of hydrogen-bond donors (Lipinski definition) is 2. The van der Waals surface area contributed by atoms with Crippen LogP contribution < -0.4 is 11.1 Å². The molecule has 2 aromatic rings. The van der Waals surface area contributed by atoms with Gasteiger partial charge in [0.05, 0.1) is 5.69 Å². The van der Waals surface area contributed by atoms with Gasteiger partial charge in [-0.05, 0) is 63.1 Å². The number of para-hydroxylation sites is 1. The minimum absolute atomic E-state index is 0.0834. The van der Waals surface area contributed by atoms with Crippen molar-refractivity contribution in [1.82, 2.24) is 19.6 Å². The molecule has 3 saturated heterocycles. The highest BCUT2D eigenvalue weighted by Crippen LogP contribution is 2.34. The fourth-order valence-corrected chi connectivity index (χ4v) is 7.57. The first-order chi connectivity index (χ1) is 21.4. The van der Waals surface area contributed by atoms with E-state index in [9.17, 15) is 9.59 Å². The zero-order valence-corrected chi connectivity index (χ0v) is 26.8. The summed E-state index contributed by atoms with van der Waals surface area (Å²) < 4.78 is 5.80. The average Bonchev–Trinajstić information content (AvgIpc) is 3.56. The molecule has 3 N–H and O–H groups in total. The van der Waals surface area contributed by atoms with Gasteiger partial charge in [-0.15, -0.1) is 0 Å². The molecule has 44 heavy (non-hydrogen) atoms. The van der Waals surface area contributed by atoms with Crippen molar-refractivity contribution in [1.29, 1.82) is 0 Å². The third-order valence-corrected chi connectivity index (χ3v) is 10.3. The number of urea groups is 1.